The number of unbranched alkanes of at least 4 members (excludes halogenated alkanes) is 1. The number of halogens is 5. The van der Waals surface area contributed by atoms with Crippen molar-refractivity contribution in [2.24, 2.45) is 5.41 Å². The Kier molecular flexibility index (Phi) is 8.84. The number of benzene rings is 1. The van der Waals surface area contributed by atoms with Crippen LogP contribution in [0.1, 0.15) is 59.3 Å². The van der Waals surface area contributed by atoms with Crippen molar-refractivity contribution in [3.8, 4) is 5.75 Å². The van der Waals surface area contributed by atoms with Gasteiger partial charge < -0.3 is 10.1 Å². The number of hydrogen-bond donors (Lipinski definition) is 1. The highest BCUT2D eigenvalue weighted by Crippen LogP contribution is 2.29. The average Bonchev–Trinajstić information content (AvgIpc) is 2.60. The van der Waals surface area contributed by atoms with Crippen LogP contribution in [0.3, 0.4) is 0 Å². The topological polar surface area (TPSA) is 55.4 Å². The van der Waals surface area contributed by atoms with Crippen molar-refractivity contribution in [2.75, 3.05) is 6.54 Å². The van der Waals surface area contributed by atoms with Gasteiger partial charge in [-0.3, -0.25) is 9.59 Å². The molecule has 1 rings (SSSR count). The Morgan fingerprint density at radius 1 is 0.821 bits per heavy atom. The monoisotopic (exact) mass is 409 g/mol. The minimum atomic E-state index is -2.34. The first kappa shape index (κ1) is 23.8. The van der Waals surface area contributed by atoms with Gasteiger partial charge >= 0.3 is 5.97 Å². The lowest BCUT2D eigenvalue weighted by Crippen LogP contribution is -2.24. The molecular weight excluding hydrogens is 385 g/mol. The van der Waals surface area contributed by atoms with Crippen LogP contribution >= 0.6 is 0 Å². The lowest BCUT2D eigenvalue weighted by molar-refractivity contribution is -0.135. The second-order valence-corrected chi connectivity index (χ2v) is 7.59. The summed E-state index contributed by atoms with van der Waals surface area (Å²) in [4.78, 5) is 23.2. The largest absolute Gasteiger partial charge is 0.420 e. The number of carbonyl (C=O) groups is 2. The second kappa shape index (κ2) is 10.4. The van der Waals surface area contributed by atoms with Crippen molar-refractivity contribution < 1.29 is 36.3 Å². The zero-order valence-electron chi connectivity index (χ0n) is 16.1. The van der Waals surface area contributed by atoms with Crippen molar-refractivity contribution in [1.82, 2.24) is 5.32 Å². The summed E-state index contributed by atoms with van der Waals surface area (Å²) >= 11 is 0. The molecule has 4 nitrogen and oxygen atoms in total. The van der Waals surface area contributed by atoms with Crippen molar-refractivity contribution in [3.05, 3.63) is 29.1 Å². The number of hydrogen-bond acceptors (Lipinski definition) is 3. The van der Waals surface area contributed by atoms with Crippen molar-refractivity contribution >= 4 is 11.9 Å². The van der Waals surface area contributed by atoms with Gasteiger partial charge in [0, 0.05) is 19.4 Å². The molecule has 28 heavy (non-hydrogen) atoms. The van der Waals surface area contributed by atoms with E-state index in [0.29, 0.717) is 6.54 Å². The summed E-state index contributed by atoms with van der Waals surface area (Å²) < 4.78 is 70.1. The molecule has 0 bridgehead atoms. The number of rotatable bonds is 9. The summed E-state index contributed by atoms with van der Waals surface area (Å²) in [5.74, 6) is -14.4. The second-order valence-electron chi connectivity index (χ2n) is 7.59. The molecule has 1 N–H and O–H groups in total. The predicted octanol–water partition coefficient (Wildman–Crippen LogP) is 4.79. The molecule has 1 amide bonds. The summed E-state index contributed by atoms with van der Waals surface area (Å²) in [6.45, 7) is 6.86. The average molecular weight is 409 g/mol. The normalized spacial score (nSPS) is 11.4. The van der Waals surface area contributed by atoms with E-state index in [0.717, 1.165) is 19.3 Å². The molecule has 0 unspecified atom stereocenters. The third kappa shape index (κ3) is 7.44. The van der Waals surface area contributed by atoms with Gasteiger partial charge in [-0.25, -0.2) is 13.2 Å². The quantitative estimate of drug-likeness (QED) is 0.159. The van der Waals surface area contributed by atoms with E-state index in [1.165, 1.54) is 0 Å². The van der Waals surface area contributed by atoms with Gasteiger partial charge in [-0.2, -0.15) is 8.78 Å². The molecule has 0 atom stereocenters. The summed E-state index contributed by atoms with van der Waals surface area (Å²) in [6, 6.07) is 0. The molecule has 158 valence electrons. The highest BCUT2D eigenvalue weighted by molar-refractivity contribution is 5.77. The lowest BCUT2D eigenvalue weighted by atomic mass is 9.90. The van der Waals surface area contributed by atoms with E-state index in [1.54, 1.807) is 0 Å². The SMILES string of the molecule is CC(C)(C)CCCCNC(=O)CCCC(=O)Oc1c(F)c(F)c(F)c(F)c1F. The number of amides is 1. The standard InChI is InChI=1S/C19H24F5NO3/c1-19(2,3)9-4-5-10-25-11(26)7-6-8-12(27)28-18-16(23)14(21)13(20)15(22)17(18)24/h4-10H2,1-3H3,(H,25,26). The maximum atomic E-state index is 13.4. The third-order valence-electron chi connectivity index (χ3n) is 3.85. The van der Waals surface area contributed by atoms with Crippen LogP contribution in [0, 0.1) is 34.5 Å². The van der Waals surface area contributed by atoms with Crippen molar-refractivity contribution in [1.29, 1.82) is 0 Å². The Hall–Kier alpha value is -2.19. The minimum Gasteiger partial charge on any atom is -0.420 e. The highest BCUT2D eigenvalue weighted by Gasteiger charge is 2.28. The molecule has 9 heteroatoms. The first-order valence-electron chi connectivity index (χ1n) is 8.93. The zero-order chi connectivity index (χ0) is 21.5. The molecule has 0 spiro atoms. The molecule has 0 aliphatic carbocycles. The van der Waals surface area contributed by atoms with E-state index in [4.69, 9.17) is 0 Å². The van der Waals surface area contributed by atoms with Gasteiger partial charge in [0.05, 0.1) is 0 Å². The van der Waals surface area contributed by atoms with E-state index in [9.17, 15) is 31.5 Å². The fraction of sp³-hybridized carbons (Fsp3) is 0.579. The van der Waals surface area contributed by atoms with Gasteiger partial charge in [0.1, 0.15) is 0 Å². The van der Waals surface area contributed by atoms with Crippen LogP contribution in [0.25, 0.3) is 0 Å². The molecule has 0 aromatic heterocycles. The Labute approximate surface area is 160 Å². The molecule has 0 heterocycles. The van der Waals surface area contributed by atoms with E-state index in [-0.39, 0.29) is 24.2 Å². The predicted molar refractivity (Wildman–Crippen MR) is 92.0 cm³/mol. The van der Waals surface area contributed by atoms with Gasteiger partial charge in [-0.15, -0.1) is 0 Å². The molecular formula is C19H24F5NO3. The summed E-state index contributed by atoms with van der Waals surface area (Å²) in [5, 5.41) is 2.68. The molecule has 0 saturated carbocycles. The molecule has 0 fully saturated rings. The third-order valence-corrected chi connectivity index (χ3v) is 3.85. The molecule has 0 aliphatic rings. The van der Waals surface area contributed by atoms with Crippen LogP contribution < -0.4 is 10.1 Å². The molecule has 0 saturated heterocycles. The van der Waals surface area contributed by atoms with Crippen molar-refractivity contribution in [3.63, 3.8) is 0 Å². The first-order valence-corrected chi connectivity index (χ1v) is 8.93. The Morgan fingerprint density at radius 2 is 1.36 bits per heavy atom. The van der Waals surface area contributed by atoms with E-state index in [2.05, 4.69) is 30.8 Å². The highest BCUT2D eigenvalue weighted by atomic mass is 19.2. The van der Waals surface area contributed by atoms with Crippen LogP contribution in [0.5, 0.6) is 5.75 Å². The molecule has 0 radical (unpaired) electrons. The zero-order valence-corrected chi connectivity index (χ0v) is 16.1. The Bertz CT molecular complexity index is 687. The van der Waals surface area contributed by atoms with Crippen LogP contribution in [-0.2, 0) is 9.59 Å². The number of esters is 1. The smallest absolute Gasteiger partial charge is 0.311 e. The fourth-order valence-electron chi connectivity index (χ4n) is 2.33. The molecule has 1 aromatic rings. The Morgan fingerprint density at radius 3 is 1.89 bits per heavy atom. The lowest BCUT2D eigenvalue weighted by Gasteiger charge is -2.17. The number of nitrogens with one attached hydrogen (secondary N) is 1. The van der Waals surface area contributed by atoms with Crippen LogP contribution in [0.15, 0.2) is 0 Å². The van der Waals surface area contributed by atoms with Gasteiger partial charge in [-0.1, -0.05) is 27.2 Å². The van der Waals surface area contributed by atoms with E-state index in [1.807, 2.05) is 0 Å². The van der Waals surface area contributed by atoms with Gasteiger partial charge in [0.2, 0.25) is 40.7 Å². The van der Waals surface area contributed by atoms with Crippen LogP contribution in [0.2, 0.25) is 0 Å². The maximum Gasteiger partial charge on any atom is 0.311 e. The van der Waals surface area contributed by atoms with E-state index >= 15 is 0 Å². The van der Waals surface area contributed by atoms with Gasteiger partial charge in [-0.05, 0) is 24.7 Å². The fourth-order valence-corrected chi connectivity index (χ4v) is 2.33. The molecule has 1 aromatic carbocycles. The van der Waals surface area contributed by atoms with Crippen molar-refractivity contribution in [2.45, 2.75) is 59.3 Å². The summed E-state index contributed by atoms with van der Waals surface area (Å²) in [6.07, 6.45) is 2.33. The summed E-state index contributed by atoms with van der Waals surface area (Å²) in [5.41, 5.74) is 0.222. The van der Waals surface area contributed by atoms with E-state index < -0.39 is 47.2 Å². The number of ether oxygens (including phenoxy) is 1. The minimum absolute atomic E-state index is 0.00204. The number of carbonyl (C=O) groups excluding carboxylic acids is 2. The summed E-state index contributed by atoms with van der Waals surface area (Å²) in [7, 11) is 0. The Balaban J connectivity index is 2.37. The molecule has 0 aliphatic heterocycles. The van der Waals surface area contributed by atoms with Crippen LogP contribution in [0.4, 0.5) is 22.0 Å². The van der Waals surface area contributed by atoms with Crippen LogP contribution in [-0.4, -0.2) is 18.4 Å². The first-order chi connectivity index (χ1) is 12.9. The van der Waals surface area contributed by atoms with Gasteiger partial charge in [0.25, 0.3) is 0 Å². The maximum absolute atomic E-state index is 13.4. The van der Waals surface area contributed by atoms with Gasteiger partial charge in [0.15, 0.2) is 0 Å².